The van der Waals surface area contributed by atoms with E-state index in [1.54, 1.807) is 0 Å². The Morgan fingerprint density at radius 2 is 1.00 bits per heavy atom. The van der Waals surface area contributed by atoms with Gasteiger partial charge in [-0.1, -0.05) is 90.7 Å². The van der Waals surface area contributed by atoms with Gasteiger partial charge in [-0.15, -0.1) is 0 Å². The zero-order valence-electron chi connectivity index (χ0n) is 17.5. The van der Waals surface area contributed by atoms with E-state index in [0.717, 1.165) is 11.1 Å². The molecular formula is C32H20. The Morgan fingerprint density at radius 3 is 1.72 bits per heavy atom. The van der Waals surface area contributed by atoms with Crippen molar-refractivity contribution in [3.63, 3.8) is 0 Å². The first kappa shape index (κ1) is 18.4. The van der Waals surface area contributed by atoms with Crippen LogP contribution in [-0.4, -0.2) is 0 Å². The van der Waals surface area contributed by atoms with Crippen molar-refractivity contribution < 1.29 is 0 Å². The Bertz CT molecular complexity index is 1540. The fourth-order valence-corrected chi connectivity index (χ4v) is 4.43. The molecule has 0 saturated carbocycles. The molecule has 0 fully saturated rings. The van der Waals surface area contributed by atoms with Gasteiger partial charge < -0.3 is 0 Å². The Hall–Kier alpha value is -4.34. The van der Waals surface area contributed by atoms with Crippen LogP contribution in [0.2, 0.25) is 0 Å². The van der Waals surface area contributed by atoms with Crippen LogP contribution < -0.4 is 0 Å². The molecule has 0 amide bonds. The number of fused-ring (bicyclic) bond motifs is 4. The minimum Gasteiger partial charge on any atom is -0.0622 e. The van der Waals surface area contributed by atoms with E-state index in [1.807, 2.05) is 30.3 Å². The van der Waals surface area contributed by atoms with Crippen molar-refractivity contribution in [3.05, 3.63) is 143 Å². The summed E-state index contributed by atoms with van der Waals surface area (Å²) in [6, 6.07) is 40.6. The van der Waals surface area contributed by atoms with Crippen LogP contribution in [0.25, 0.3) is 33.5 Å². The third-order valence-corrected chi connectivity index (χ3v) is 6.03. The molecule has 0 heteroatoms. The summed E-state index contributed by atoms with van der Waals surface area (Å²) in [6.45, 7) is 0. The molecule has 0 radical (unpaired) electrons. The first-order valence-electron chi connectivity index (χ1n) is 10.9. The maximum Gasteiger partial charge on any atom is 0.0249 e. The maximum atomic E-state index is 3.26. The van der Waals surface area contributed by atoms with E-state index >= 15 is 0 Å². The zero-order valence-corrected chi connectivity index (χ0v) is 17.5. The molecule has 0 atom stereocenters. The van der Waals surface area contributed by atoms with Crippen LogP contribution in [0, 0.1) is 11.8 Å². The van der Waals surface area contributed by atoms with Crippen LogP contribution in [0.15, 0.2) is 115 Å². The third kappa shape index (κ3) is 3.31. The minimum absolute atomic E-state index is 1.02. The van der Waals surface area contributed by atoms with Crippen molar-refractivity contribution >= 4 is 22.4 Å². The van der Waals surface area contributed by atoms with Crippen molar-refractivity contribution in [2.75, 3.05) is 0 Å². The van der Waals surface area contributed by atoms with Gasteiger partial charge in [0.1, 0.15) is 0 Å². The first-order chi connectivity index (χ1) is 15.8. The largest absolute Gasteiger partial charge is 0.0622 e. The lowest BCUT2D eigenvalue weighted by Gasteiger charge is -2.06. The van der Waals surface area contributed by atoms with Crippen molar-refractivity contribution in [3.8, 4) is 23.0 Å². The highest BCUT2D eigenvalue weighted by Gasteiger charge is 2.23. The molecular weight excluding hydrogens is 384 g/mol. The van der Waals surface area contributed by atoms with Gasteiger partial charge in [0.2, 0.25) is 0 Å². The maximum absolute atomic E-state index is 3.26. The summed E-state index contributed by atoms with van der Waals surface area (Å²) in [7, 11) is 0. The number of hydrogen-bond acceptors (Lipinski definition) is 0. The lowest BCUT2D eigenvalue weighted by molar-refractivity contribution is 1.60. The molecule has 1 aliphatic carbocycles. The summed E-state index contributed by atoms with van der Waals surface area (Å²) in [4.78, 5) is 0. The van der Waals surface area contributed by atoms with Gasteiger partial charge in [-0.2, -0.15) is 0 Å². The van der Waals surface area contributed by atoms with E-state index < -0.39 is 0 Å². The second-order valence-corrected chi connectivity index (χ2v) is 8.09. The molecule has 6 rings (SSSR count). The van der Waals surface area contributed by atoms with E-state index in [-0.39, 0.29) is 0 Å². The van der Waals surface area contributed by atoms with Crippen molar-refractivity contribution in [1.82, 2.24) is 0 Å². The summed E-state index contributed by atoms with van der Waals surface area (Å²) in [6.07, 6.45) is 2.30. The van der Waals surface area contributed by atoms with E-state index in [4.69, 9.17) is 0 Å². The average Bonchev–Trinajstić information content (AvgIpc) is 3.15. The molecule has 0 bridgehead atoms. The summed E-state index contributed by atoms with van der Waals surface area (Å²) in [5, 5.41) is 2.56. The second-order valence-electron chi connectivity index (χ2n) is 8.09. The summed E-state index contributed by atoms with van der Waals surface area (Å²) in [5.74, 6) is 6.49. The highest BCUT2D eigenvalue weighted by atomic mass is 14.3. The topological polar surface area (TPSA) is 0 Å². The van der Waals surface area contributed by atoms with Gasteiger partial charge in [-0.3, -0.25) is 0 Å². The Balaban J connectivity index is 1.41. The smallest absolute Gasteiger partial charge is 0.0249 e. The Labute approximate surface area is 188 Å². The van der Waals surface area contributed by atoms with E-state index in [0.29, 0.717) is 0 Å². The highest BCUT2D eigenvalue weighted by Crippen LogP contribution is 2.46. The van der Waals surface area contributed by atoms with Crippen LogP contribution >= 0.6 is 0 Å². The fraction of sp³-hybridized carbons (Fsp3) is 0. The van der Waals surface area contributed by atoms with Crippen molar-refractivity contribution in [2.45, 2.75) is 0 Å². The lowest BCUT2D eigenvalue weighted by atomic mass is 9.98. The zero-order chi connectivity index (χ0) is 21.3. The number of rotatable bonds is 1. The summed E-state index contributed by atoms with van der Waals surface area (Å²) < 4.78 is 0. The molecule has 0 saturated heterocycles. The molecule has 0 N–H and O–H groups in total. The van der Waals surface area contributed by atoms with Gasteiger partial charge in [0, 0.05) is 11.1 Å². The van der Waals surface area contributed by atoms with E-state index in [1.165, 1.54) is 44.2 Å². The monoisotopic (exact) mass is 404 g/mol. The average molecular weight is 405 g/mol. The van der Waals surface area contributed by atoms with E-state index in [9.17, 15) is 0 Å². The Morgan fingerprint density at radius 1 is 0.438 bits per heavy atom. The third-order valence-electron chi connectivity index (χ3n) is 6.03. The van der Waals surface area contributed by atoms with Crippen molar-refractivity contribution in [1.29, 1.82) is 0 Å². The number of hydrogen-bond donors (Lipinski definition) is 0. The predicted octanol–water partition coefficient (Wildman–Crippen LogP) is 7.81. The van der Waals surface area contributed by atoms with Crippen molar-refractivity contribution in [2.24, 2.45) is 0 Å². The van der Waals surface area contributed by atoms with Crippen LogP contribution in [-0.2, 0) is 0 Å². The summed E-state index contributed by atoms with van der Waals surface area (Å²) in [5.41, 5.74) is 9.74. The molecule has 0 nitrogen and oxygen atoms in total. The molecule has 5 aromatic carbocycles. The van der Waals surface area contributed by atoms with Gasteiger partial charge >= 0.3 is 0 Å². The number of benzene rings is 5. The quantitative estimate of drug-likeness (QED) is 0.245. The van der Waals surface area contributed by atoms with Gasteiger partial charge in [-0.05, 0) is 86.6 Å². The molecule has 1 aliphatic rings. The predicted molar refractivity (Wildman–Crippen MR) is 135 cm³/mol. The minimum atomic E-state index is 1.02. The van der Waals surface area contributed by atoms with Crippen LogP contribution in [0.3, 0.4) is 0 Å². The first-order valence-corrected chi connectivity index (χ1v) is 10.9. The van der Waals surface area contributed by atoms with E-state index in [2.05, 4.69) is 103 Å². The van der Waals surface area contributed by atoms with Gasteiger partial charge in [0.05, 0.1) is 0 Å². The van der Waals surface area contributed by atoms with Gasteiger partial charge in [-0.25, -0.2) is 0 Å². The van der Waals surface area contributed by atoms with Gasteiger partial charge in [0.15, 0.2) is 0 Å². The van der Waals surface area contributed by atoms with Crippen LogP contribution in [0.1, 0.15) is 27.8 Å². The lowest BCUT2D eigenvalue weighted by Crippen LogP contribution is -1.84. The fourth-order valence-electron chi connectivity index (χ4n) is 4.43. The second kappa shape index (κ2) is 7.73. The highest BCUT2D eigenvalue weighted by molar-refractivity contribution is 6.09. The standard InChI is InChI=1S/C32H20/c1-2-8-23(9-3-1)14-15-24-16-18-25(19-17-24)20-30-28-12-6-7-13-29(28)31-21-26-10-4-5-11-27(26)22-32(30)31/h1-13,16-22H/b30-20-. The molecule has 0 aliphatic heterocycles. The molecule has 0 spiro atoms. The molecule has 148 valence electrons. The molecule has 0 heterocycles. The molecule has 32 heavy (non-hydrogen) atoms. The van der Waals surface area contributed by atoms with Gasteiger partial charge in [0.25, 0.3) is 0 Å². The molecule has 0 aromatic heterocycles. The van der Waals surface area contributed by atoms with Crippen LogP contribution in [0.4, 0.5) is 0 Å². The molecule has 0 unspecified atom stereocenters. The van der Waals surface area contributed by atoms with Crippen LogP contribution in [0.5, 0.6) is 0 Å². The molecule has 5 aromatic rings. The summed E-state index contributed by atoms with van der Waals surface area (Å²) >= 11 is 0. The normalized spacial score (nSPS) is 12.8. The Kier molecular flexibility index (Phi) is 4.45. The SMILES string of the molecule is C(#Cc1ccc(/C=C2/c3ccccc3-c3cc4ccccc4cc32)cc1)c1ccccc1.